The Bertz CT molecular complexity index is 1550. The van der Waals surface area contributed by atoms with Gasteiger partial charge in [0.05, 0.1) is 0 Å². The molecule has 4 aromatic rings. The van der Waals surface area contributed by atoms with Crippen molar-refractivity contribution in [1.29, 1.82) is 0 Å². The number of hydrogen-bond donors (Lipinski definition) is 0. The van der Waals surface area contributed by atoms with Crippen LogP contribution in [0.2, 0.25) is 0 Å². The summed E-state index contributed by atoms with van der Waals surface area (Å²) in [5.41, 5.74) is 15.1. The van der Waals surface area contributed by atoms with E-state index in [1.54, 1.807) is 33.0 Å². The molecule has 4 aromatic carbocycles. The normalized spacial score (nSPS) is 17.6. The monoisotopic (exact) mass is 615 g/mol. The molecule has 2 heterocycles. The van der Waals surface area contributed by atoms with Gasteiger partial charge >= 0.3 is 219 Å². The molecule has 2 atom stereocenters. The summed E-state index contributed by atoms with van der Waals surface area (Å²) in [6.45, 7) is 9.14. The first kappa shape index (κ1) is 26.9. The fourth-order valence-corrected chi connectivity index (χ4v) is 33.4. The molecule has 0 saturated carbocycles. The molecule has 0 nitrogen and oxygen atoms in total. The number of aryl methyl sites for hydroxylation is 3. The fourth-order valence-electron chi connectivity index (χ4n) is 7.23. The maximum Gasteiger partial charge on any atom is -1.00 e. The van der Waals surface area contributed by atoms with E-state index in [-0.39, 0.29) is 24.8 Å². The van der Waals surface area contributed by atoms with E-state index >= 15 is 0 Å². The summed E-state index contributed by atoms with van der Waals surface area (Å²) in [5, 5.41) is 3.59. The second kappa shape index (κ2) is 10.1. The zero-order valence-corrected chi connectivity index (χ0v) is 27.0. The Morgan fingerprint density at radius 1 is 0.811 bits per heavy atom. The van der Waals surface area contributed by atoms with E-state index in [1.807, 2.05) is 8.46 Å². The van der Waals surface area contributed by atoms with Gasteiger partial charge in [-0.25, -0.2) is 0 Å². The van der Waals surface area contributed by atoms with Crippen molar-refractivity contribution in [1.82, 2.24) is 0 Å². The molecule has 0 radical (unpaired) electrons. The van der Waals surface area contributed by atoms with Gasteiger partial charge in [0, 0.05) is 0 Å². The van der Waals surface area contributed by atoms with Crippen LogP contribution in [0.1, 0.15) is 51.2 Å². The van der Waals surface area contributed by atoms with Crippen LogP contribution in [-0.2, 0) is 20.9 Å². The number of rotatable bonds is 4. The smallest absolute Gasteiger partial charge is 1.00 e. The molecule has 185 valence electrons. The quantitative estimate of drug-likeness (QED) is 0.289. The van der Waals surface area contributed by atoms with Crippen molar-refractivity contribution in [3.8, 4) is 22.3 Å². The Morgan fingerprint density at radius 3 is 2.30 bits per heavy atom. The Kier molecular flexibility index (Phi) is 7.36. The zero-order chi connectivity index (χ0) is 23.8. The molecular formula is C33H31Cl2SiZr. The SMILES string of the molecule is CCCC1=Cc2c(ccc(C)c2-c2cc(C)cc(C)c2)[CH]1[Zr+2]1[c]2cccc3c2[SiH]1c1ccccc1-3.[Cl-].[Cl-]. The van der Waals surface area contributed by atoms with Gasteiger partial charge in [-0.3, -0.25) is 0 Å². The van der Waals surface area contributed by atoms with Gasteiger partial charge in [-0.15, -0.1) is 0 Å². The van der Waals surface area contributed by atoms with E-state index in [0.29, 0.717) is 0 Å². The molecule has 0 N–H and O–H groups in total. The second-order valence-corrected chi connectivity index (χ2v) is 25.8. The molecule has 0 fully saturated rings. The fraction of sp³-hybridized carbons (Fsp3) is 0.212. The Hall–Kier alpha value is -1.70. The van der Waals surface area contributed by atoms with Crippen molar-refractivity contribution in [2.45, 2.75) is 44.2 Å². The van der Waals surface area contributed by atoms with E-state index in [4.69, 9.17) is 0 Å². The van der Waals surface area contributed by atoms with Crippen molar-refractivity contribution < 1.29 is 45.7 Å². The molecule has 0 aromatic heterocycles. The minimum atomic E-state index is -1.92. The molecule has 1 aliphatic carbocycles. The van der Waals surface area contributed by atoms with E-state index in [9.17, 15) is 0 Å². The van der Waals surface area contributed by atoms with E-state index in [1.165, 1.54) is 40.7 Å². The molecule has 0 saturated heterocycles. The van der Waals surface area contributed by atoms with Gasteiger partial charge in [0.25, 0.3) is 0 Å². The average molecular weight is 618 g/mol. The first-order chi connectivity index (χ1) is 17.1. The van der Waals surface area contributed by atoms with Gasteiger partial charge in [0.2, 0.25) is 0 Å². The van der Waals surface area contributed by atoms with Crippen molar-refractivity contribution in [3.05, 3.63) is 106 Å². The van der Waals surface area contributed by atoms with Crippen molar-refractivity contribution in [2.24, 2.45) is 0 Å². The summed E-state index contributed by atoms with van der Waals surface area (Å²) >= 11 is -1.92. The molecule has 2 aliphatic heterocycles. The topological polar surface area (TPSA) is 0 Å². The van der Waals surface area contributed by atoms with Gasteiger partial charge < -0.3 is 24.8 Å². The molecule has 0 spiro atoms. The first-order valence-electron chi connectivity index (χ1n) is 13.1. The summed E-state index contributed by atoms with van der Waals surface area (Å²) in [6, 6.07) is 28.7. The Labute approximate surface area is 242 Å². The van der Waals surface area contributed by atoms with Crippen LogP contribution in [0.4, 0.5) is 0 Å². The molecule has 2 unspecified atom stereocenters. The molecule has 0 amide bonds. The molecule has 37 heavy (non-hydrogen) atoms. The summed E-state index contributed by atoms with van der Waals surface area (Å²) < 4.78 is 2.56. The van der Waals surface area contributed by atoms with Gasteiger partial charge in [-0.2, -0.15) is 0 Å². The number of benzene rings is 4. The third kappa shape index (κ3) is 3.94. The molecule has 3 aliphatic rings. The van der Waals surface area contributed by atoms with Crippen LogP contribution in [0, 0.1) is 20.8 Å². The van der Waals surface area contributed by atoms with Crippen LogP contribution in [0.5, 0.6) is 0 Å². The predicted molar refractivity (Wildman–Crippen MR) is 150 cm³/mol. The van der Waals surface area contributed by atoms with E-state index in [0.717, 1.165) is 3.63 Å². The predicted octanol–water partition coefficient (Wildman–Crippen LogP) is 0.301. The van der Waals surface area contributed by atoms with Crippen molar-refractivity contribution in [3.63, 3.8) is 0 Å². The summed E-state index contributed by atoms with van der Waals surface area (Å²) in [6.07, 6.45) is 5.13. The minimum Gasteiger partial charge on any atom is -1.00 e. The van der Waals surface area contributed by atoms with Crippen LogP contribution in [0.25, 0.3) is 28.3 Å². The summed E-state index contributed by atoms with van der Waals surface area (Å²) in [5.74, 6) is -1.04. The molecule has 0 bridgehead atoms. The van der Waals surface area contributed by atoms with Crippen LogP contribution in [0.15, 0.2) is 78.4 Å². The number of fused-ring (bicyclic) bond motifs is 4. The van der Waals surface area contributed by atoms with Crippen LogP contribution in [-0.4, -0.2) is 5.92 Å². The first-order valence-corrected chi connectivity index (χ1v) is 21.7. The van der Waals surface area contributed by atoms with Crippen molar-refractivity contribution in [2.75, 3.05) is 0 Å². The largest absolute Gasteiger partial charge is 1.00 e. The number of halogens is 2. The van der Waals surface area contributed by atoms with E-state index in [2.05, 4.69) is 107 Å². The third-order valence-corrected chi connectivity index (χ3v) is 30.7. The Morgan fingerprint density at radius 2 is 1.54 bits per heavy atom. The second-order valence-electron chi connectivity index (χ2n) is 10.8. The van der Waals surface area contributed by atoms with Gasteiger partial charge in [0.1, 0.15) is 0 Å². The Balaban J connectivity index is 0.00000140. The van der Waals surface area contributed by atoms with Crippen LogP contribution in [0.3, 0.4) is 0 Å². The standard InChI is InChI=1S/C21H23.C12H8Si.2ClH.Zr/c1-5-6-17-12-18-8-7-16(4)21(20(18)13-17)19-10-14(2)9-15(3)11-19;1-3-7-11-9(5-1)10-6-2-4-8-12(10)13-11;;;/h7-13H,5-6H2,1-4H3;1-7,13H;2*1H;/q;;;;+2/p-2. The summed E-state index contributed by atoms with van der Waals surface area (Å²) in [4.78, 5) is 0. The van der Waals surface area contributed by atoms with Crippen LogP contribution >= 0.6 is 0 Å². The maximum absolute atomic E-state index is 2.65. The van der Waals surface area contributed by atoms with Crippen LogP contribution < -0.4 is 38.5 Å². The van der Waals surface area contributed by atoms with Gasteiger partial charge in [-0.05, 0) is 0 Å². The molecule has 7 rings (SSSR count). The van der Waals surface area contributed by atoms with E-state index < -0.39 is 26.8 Å². The zero-order valence-electron chi connectivity index (χ0n) is 21.8. The third-order valence-electron chi connectivity index (χ3n) is 8.44. The van der Waals surface area contributed by atoms with Crippen molar-refractivity contribution >= 4 is 25.6 Å². The minimum absolute atomic E-state index is 0. The number of hydrogen-bond acceptors (Lipinski definition) is 0. The molecule has 4 heteroatoms. The maximum atomic E-state index is 2.65. The average Bonchev–Trinajstić information content (AvgIpc) is 3.33. The molecular weight excluding hydrogens is 587 g/mol. The van der Waals surface area contributed by atoms with Gasteiger partial charge in [0.15, 0.2) is 0 Å². The van der Waals surface area contributed by atoms with Gasteiger partial charge in [-0.1, -0.05) is 0 Å². The number of allylic oxidation sites excluding steroid dienone is 1. The summed E-state index contributed by atoms with van der Waals surface area (Å²) in [7, 11) is 0.